The van der Waals surface area contributed by atoms with Gasteiger partial charge in [-0.05, 0) is 37.6 Å². The largest absolute Gasteiger partial charge is 0.496 e. The van der Waals surface area contributed by atoms with Crippen molar-refractivity contribution in [3.63, 3.8) is 0 Å². The van der Waals surface area contributed by atoms with Gasteiger partial charge in [0.2, 0.25) is 0 Å². The lowest BCUT2D eigenvalue weighted by Crippen LogP contribution is -2.39. The van der Waals surface area contributed by atoms with Gasteiger partial charge in [-0.2, -0.15) is 0 Å². The van der Waals surface area contributed by atoms with Crippen molar-refractivity contribution in [1.82, 2.24) is 10.2 Å². The number of ether oxygens (including phenoxy) is 2. The molecule has 0 bridgehead atoms. The number of hydrogen-bond donors (Lipinski definition) is 2. The second-order valence-electron chi connectivity index (χ2n) is 6.64. The molecular formula is C22H32IN3O3. The van der Waals surface area contributed by atoms with E-state index in [1.807, 2.05) is 74.3 Å². The Morgan fingerprint density at radius 1 is 1.21 bits per heavy atom. The van der Waals surface area contributed by atoms with Gasteiger partial charge >= 0.3 is 0 Å². The molecule has 0 aromatic heterocycles. The number of nitrogens with zero attached hydrogens (tertiary/aromatic N) is 2. The number of methoxy groups -OCH3 is 1. The normalized spacial score (nSPS) is 12.0. The first-order chi connectivity index (χ1) is 13.5. The third kappa shape index (κ3) is 8.49. The lowest BCUT2D eigenvalue weighted by atomic mass is 10.2. The van der Waals surface area contributed by atoms with Crippen LogP contribution in [-0.4, -0.2) is 55.9 Å². The number of halogens is 1. The third-order valence-electron chi connectivity index (χ3n) is 4.18. The van der Waals surface area contributed by atoms with Crippen LogP contribution in [-0.2, 0) is 6.54 Å². The number of rotatable bonds is 9. The number of benzene rings is 2. The molecular weight excluding hydrogens is 481 g/mol. The number of hydrogen-bond acceptors (Lipinski definition) is 4. The lowest BCUT2D eigenvalue weighted by molar-refractivity contribution is 0.114. The second-order valence-corrected chi connectivity index (χ2v) is 6.64. The summed E-state index contributed by atoms with van der Waals surface area (Å²) in [6.45, 7) is 5.86. The van der Waals surface area contributed by atoms with Crippen LogP contribution in [0.4, 0.5) is 0 Å². The van der Waals surface area contributed by atoms with Crippen LogP contribution in [0.1, 0.15) is 18.1 Å². The predicted octanol–water partition coefficient (Wildman–Crippen LogP) is 3.46. The van der Waals surface area contributed by atoms with Crippen molar-refractivity contribution >= 4 is 29.9 Å². The van der Waals surface area contributed by atoms with Crippen LogP contribution in [0.3, 0.4) is 0 Å². The van der Waals surface area contributed by atoms with Crippen LogP contribution >= 0.6 is 24.0 Å². The summed E-state index contributed by atoms with van der Waals surface area (Å²) in [5, 5.41) is 13.5. The minimum atomic E-state index is -0.686. The second kappa shape index (κ2) is 13.3. The Kier molecular flexibility index (Phi) is 11.5. The molecule has 6 nitrogen and oxygen atoms in total. The van der Waals surface area contributed by atoms with Gasteiger partial charge in [-0.15, -0.1) is 24.0 Å². The summed E-state index contributed by atoms with van der Waals surface area (Å²) < 4.78 is 11.1. The number of para-hydroxylation sites is 1. The van der Waals surface area contributed by atoms with Gasteiger partial charge < -0.3 is 24.8 Å². The van der Waals surface area contributed by atoms with Crippen LogP contribution in [0.2, 0.25) is 0 Å². The number of nitrogens with one attached hydrogen (secondary N) is 1. The quantitative estimate of drug-likeness (QED) is 0.306. The van der Waals surface area contributed by atoms with Crippen molar-refractivity contribution in [2.24, 2.45) is 4.99 Å². The zero-order valence-electron chi connectivity index (χ0n) is 17.6. The van der Waals surface area contributed by atoms with E-state index in [9.17, 15) is 5.11 Å². The highest BCUT2D eigenvalue weighted by Gasteiger charge is 2.11. The van der Waals surface area contributed by atoms with E-state index in [0.717, 1.165) is 35.1 Å². The summed E-state index contributed by atoms with van der Waals surface area (Å²) in [5.74, 6) is 2.32. The van der Waals surface area contributed by atoms with E-state index in [1.165, 1.54) is 0 Å². The van der Waals surface area contributed by atoms with Crippen molar-refractivity contribution in [1.29, 1.82) is 0 Å². The molecule has 0 radical (unpaired) electrons. The van der Waals surface area contributed by atoms with Crippen LogP contribution in [0.5, 0.6) is 11.5 Å². The van der Waals surface area contributed by atoms with Gasteiger partial charge in [0.25, 0.3) is 0 Å². The van der Waals surface area contributed by atoms with Crippen molar-refractivity contribution < 1.29 is 14.6 Å². The summed E-state index contributed by atoms with van der Waals surface area (Å²) in [5.41, 5.74) is 2.19. The van der Waals surface area contributed by atoms with Crippen LogP contribution in [0.25, 0.3) is 0 Å². The molecule has 0 aliphatic carbocycles. The maximum Gasteiger partial charge on any atom is 0.194 e. The average Bonchev–Trinajstić information content (AvgIpc) is 2.70. The molecule has 2 rings (SSSR count). The molecule has 1 unspecified atom stereocenters. The topological polar surface area (TPSA) is 66.3 Å². The first-order valence-electron chi connectivity index (χ1n) is 9.52. The summed E-state index contributed by atoms with van der Waals surface area (Å²) in [6, 6.07) is 15.7. The molecule has 1 atom stereocenters. The minimum Gasteiger partial charge on any atom is -0.496 e. The fourth-order valence-corrected chi connectivity index (χ4v) is 2.78. The van der Waals surface area contributed by atoms with E-state index in [2.05, 4.69) is 10.3 Å². The molecule has 0 fully saturated rings. The van der Waals surface area contributed by atoms with Crippen LogP contribution in [0.15, 0.2) is 53.5 Å². The zero-order valence-corrected chi connectivity index (χ0v) is 19.9. The molecule has 0 saturated carbocycles. The molecule has 0 saturated heterocycles. The predicted molar refractivity (Wildman–Crippen MR) is 129 cm³/mol. The molecule has 2 N–H and O–H groups in total. The standard InChI is InChI=1S/C22H31N3O3.HI/c1-5-23-22(25(3)15-18-10-6-7-12-21(18)27-4)24-14-19(26)16-28-20-11-8-9-17(2)13-20;/h6-13,19,26H,5,14-16H2,1-4H3,(H,23,24);1H. The number of guanidine groups is 1. The van der Waals surface area contributed by atoms with Gasteiger partial charge in [0.1, 0.15) is 24.2 Å². The monoisotopic (exact) mass is 513 g/mol. The first kappa shape index (κ1) is 25.0. The highest BCUT2D eigenvalue weighted by atomic mass is 127. The molecule has 0 amide bonds. The first-order valence-corrected chi connectivity index (χ1v) is 9.52. The number of aliphatic hydroxyl groups excluding tert-OH is 1. The highest BCUT2D eigenvalue weighted by Crippen LogP contribution is 2.18. The molecule has 0 spiro atoms. The van der Waals surface area contributed by atoms with Crippen molar-refractivity contribution in [3.8, 4) is 11.5 Å². The van der Waals surface area contributed by atoms with Gasteiger partial charge in [0.15, 0.2) is 5.96 Å². The highest BCUT2D eigenvalue weighted by molar-refractivity contribution is 14.0. The molecule has 2 aromatic rings. The van der Waals surface area contributed by atoms with Gasteiger partial charge in [0.05, 0.1) is 13.7 Å². The summed E-state index contributed by atoms with van der Waals surface area (Å²) in [7, 11) is 3.63. The van der Waals surface area contributed by atoms with Crippen LogP contribution < -0.4 is 14.8 Å². The van der Waals surface area contributed by atoms with Gasteiger partial charge in [-0.25, -0.2) is 0 Å². The Hall–Kier alpha value is -2.00. The van der Waals surface area contributed by atoms with Crippen molar-refractivity contribution in [2.75, 3.05) is 33.9 Å². The Balaban J connectivity index is 0.00000420. The fourth-order valence-electron chi connectivity index (χ4n) is 2.78. The maximum absolute atomic E-state index is 10.3. The van der Waals surface area contributed by atoms with E-state index in [4.69, 9.17) is 9.47 Å². The lowest BCUT2D eigenvalue weighted by Gasteiger charge is -2.23. The third-order valence-corrected chi connectivity index (χ3v) is 4.18. The Labute approximate surface area is 191 Å². The summed E-state index contributed by atoms with van der Waals surface area (Å²) >= 11 is 0. The van der Waals surface area contributed by atoms with E-state index in [-0.39, 0.29) is 37.1 Å². The van der Waals surface area contributed by atoms with E-state index in [0.29, 0.717) is 6.54 Å². The SMILES string of the molecule is CCNC(=NCC(O)COc1cccc(C)c1)N(C)Cc1ccccc1OC.I. The number of aliphatic imine (C=N–C) groups is 1. The van der Waals surface area contributed by atoms with Crippen molar-refractivity contribution in [3.05, 3.63) is 59.7 Å². The summed E-state index contributed by atoms with van der Waals surface area (Å²) in [6.07, 6.45) is -0.686. The Morgan fingerprint density at radius 3 is 2.66 bits per heavy atom. The van der Waals surface area contributed by atoms with Gasteiger partial charge in [-0.1, -0.05) is 30.3 Å². The molecule has 2 aromatic carbocycles. The van der Waals surface area contributed by atoms with Gasteiger partial charge in [-0.3, -0.25) is 4.99 Å². The number of aryl methyl sites for hydroxylation is 1. The summed E-state index contributed by atoms with van der Waals surface area (Å²) in [4.78, 5) is 6.56. The molecule has 7 heteroatoms. The number of aliphatic hydroxyl groups is 1. The van der Waals surface area contributed by atoms with Crippen molar-refractivity contribution in [2.45, 2.75) is 26.5 Å². The Morgan fingerprint density at radius 2 is 1.97 bits per heavy atom. The van der Waals surface area contributed by atoms with E-state index < -0.39 is 6.10 Å². The molecule has 160 valence electrons. The smallest absolute Gasteiger partial charge is 0.194 e. The molecule has 0 heterocycles. The van der Waals surface area contributed by atoms with E-state index >= 15 is 0 Å². The maximum atomic E-state index is 10.3. The van der Waals surface area contributed by atoms with Crippen LogP contribution in [0, 0.1) is 6.92 Å². The average molecular weight is 513 g/mol. The fraction of sp³-hybridized carbons (Fsp3) is 0.409. The molecule has 0 aliphatic heterocycles. The minimum absolute atomic E-state index is 0. The Bertz CT molecular complexity index is 770. The van der Waals surface area contributed by atoms with E-state index in [1.54, 1.807) is 7.11 Å². The molecule has 29 heavy (non-hydrogen) atoms. The molecule has 0 aliphatic rings. The van der Waals surface area contributed by atoms with Gasteiger partial charge in [0, 0.05) is 25.7 Å². The zero-order chi connectivity index (χ0) is 20.4.